The standard InChI is InChI=1S/C21H24FN3O3/c1-14-8-15-4-2-3-5-19(15)25(14)21(27)10-16-9-17(26)11-20(23-16)24-6-7-28-18(12-22)13-24/h2-5,11,14,18H,6-10,12-13H2,1H3/t14-,18?/m0/s1. The first-order valence-electron chi connectivity index (χ1n) is 9.68. The number of carbonyl (C=O) groups excluding carboxylic acids is 2. The van der Waals surface area contributed by atoms with Crippen LogP contribution in [0.5, 0.6) is 0 Å². The van der Waals surface area contributed by atoms with Crippen molar-refractivity contribution in [2.24, 2.45) is 4.99 Å². The van der Waals surface area contributed by atoms with Gasteiger partial charge in [-0.2, -0.15) is 0 Å². The van der Waals surface area contributed by atoms with Crippen LogP contribution in [0.4, 0.5) is 10.1 Å². The summed E-state index contributed by atoms with van der Waals surface area (Å²) < 4.78 is 18.3. The van der Waals surface area contributed by atoms with Crippen LogP contribution >= 0.6 is 0 Å². The fraction of sp³-hybridized carbons (Fsp3) is 0.476. The molecule has 148 valence electrons. The third kappa shape index (κ3) is 3.71. The summed E-state index contributed by atoms with van der Waals surface area (Å²) in [5, 5.41) is 0. The highest BCUT2D eigenvalue weighted by molar-refractivity contribution is 6.16. The second kappa shape index (κ2) is 7.83. The molecule has 0 N–H and O–H groups in total. The lowest BCUT2D eigenvalue weighted by Gasteiger charge is -2.34. The van der Waals surface area contributed by atoms with Crippen molar-refractivity contribution in [1.82, 2.24) is 4.90 Å². The molecule has 4 rings (SSSR count). The molecule has 7 heteroatoms. The van der Waals surface area contributed by atoms with Gasteiger partial charge in [0.05, 0.1) is 13.0 Å². The van der Waals surface area contributed by atoms with Crippen LogP contribution in [0.25, 0.3) is 0 Å². The molecule has 6 nitrogen and oxygen atoms in total. The van der Waals surface area contributed by atoms with Gasteiger partial charge in [-0.3, -0.25) is 9.59 Å². The van der Waals surface area contributed by atoms with Gasteiger partial charge in [0.15, 0.2) is 5.78 Å². The Hall–Kier alpha value is -2.54. The molecule has 3 aliphatic rings. The molecule has 1 saturated heterocycles. The SMILES string of the molecule is C[C@H]1Cc2ccccc2N1C(=O)CC1=NC(N2CCOC(CF)C2)=CC(=O)C1. The van der Waals surface area contributed by atoms with Crippen molar-refractivity contribution in [3.8, 4) is 0 Å². The summed E-state index contributed by atoms with van der Waals surface area (Å²) in [6, 6.07) is 8.00. The molecule has 1 amide bonds. The van der Waals surface area contributed by atoms with Gasteiger partial charge in [-0.25, -0.2) is 9.38 Å². The van der Waals surface area contributed by atoms with Crippen molar-refractivity contribution in [2.75, 3.05) is 31.3 Å². The Kier molecular flexibility index (Phi) is 5.26. The van der Waals surface area contributed by atoms with Gasteiger partial charge in [0.1, 0.15) is 18.6 Å². The number of allylic oxidation sites excluding steroid dienone is 1. The Morgan fingerprint density at radius 1 is 1.36 bits per heavy atom. The number of para-hydroxylation sites is 1. The van der Waals surface area contributed by atoms with E-state index < -0.39 is 12.8 Å². The zero-order valence-electron chi connectivity index (χ0n) is 15.9. The maximum absolute atomic E-state index is 13.0. The predicted octanol–water partition coefficient (Wildman–Crippen LogP) is 2.28. The molecule has 3 aliphatic heterocycles. The average Bonchev–Trinajstić information content (AvgIpc) is 3.03. The lowest BCUT2D eigenvalue weighted by molar-refractivity contribution is -0.117. The summed E-state index contributed by atoms with van der Waals surface area (Å²) in [7, 11) is 0. The molecule has 0 radical (unpaired) electrons. The Morgan fingerprint density at radius 2 is 2.18 bits per heavy atom. The van der Waals surface area contributed by atoms with Gasteiger partial charge in [0.2, 0.25) is 5.91 Å². The van der Waals surface area contributed by atoms with Crippen LogP contribution < -0.4 is 4.90 Å². The van der Waals surface area contributed by atoms with E-state index in [1.807, 2.05) is 41.0 Å². The molecule has 1 aromatic rings. The monoisotopic (exact) mass is 385 g/mol. The molecule has 0 saturated carbocycles. The van der Waals surface area contributed by atoms with Crippen molar-refractivity contribution in [2.45, 2.75) is 38.3 Å². The summed E-state index contributed by atoms with van der Waals surface area (Å²) >= 11 is 0. The number of amides is 1. The summed E-state index contributed by atoms with van der Waals surface area (Å²) in [5.41, 5.74) is 2.67. The van der Waals surface area contributed by atoms with Gasteiger partial charge >= 0.3 is 0 Å². The van der Waals surface area contributed by atoms with E-state index in [0.717, 1.165) is 17.7 Å². The molecule has 0 spiro atoms. The molecule has 1 aromatic carbocycles. The number of carbonyl (C=O) groups is 2. The van der Waals surface area contributed by atoms with Gasteiger partial charge in [-0.15, -0.1) is 0 Å². The maximum Gasteiger partial charge on any atom is 0.232 e. The molecule has 0 aromatic heterocycles. The summed E-state index contributed by atoms with van der Waals surface area (Å²) in [6.45, 7) is 2.76. The Labute approximate surface area is 163 Å². The molecule has 1 fully saturated rings. The summed E-state index contributed by atoms with van der Waals surface area (Å²) in [4.78, 5) is 33.5. The topological polar surface area (TPSA) is 62.2 Å². The second-order valence-corrected chi connectivity index (χ2v) is 7.54. The van der Waals surface area contributed by atoms with Crippen LogP contribution in [0.1, 0.15) is 25.3 Å². The van der Waals surface area contributed by atoms with E-state index in [-0.39, 0.29) is 30.6 Å². The third-order valence-electron chi connectivity index (χ3n) is 5.41. The first-order chi connectivity index (χ1) is 13.5. The Morgan fingerprint density at radius 3 is 3.00 bits per heavy atom. The van der Waals surface area contributed by atoms with Crippen LogP contribution in [0.3, 0.4) is 0 Å². The van der Waals surface area contributed by atoms with Crippen LogP contribution in [0.15, 0.2) is 41.2 Å². The molecule has 1 unspecified atom stereocenters. The van der Waals surface area contributed by atoms with Gasteiger partial charge in [-0.1, -0.05) is 18.2 Å². The number of aliphatic imine (C=N–C) groups is 1. The highest BCUT2D eigenvalue weighted by Crippen LogP contribution is 2.32. The van der Waals surface area contributed by atoms with Gasteiger partial charge in [-0.05, 0) is 25.0 Å². The van der Waals surface area contributed by atoms with Crippen molar-refractivity contribution in [3.63, 3.8) is 0 Å². The van der Waals surface area contributed by atoms with E-state index >= 15 is 0 Å². The van der Waals surface area contributed by atoms with Crippen LogP contribution in [0, 0.1) is 0 Å². The zero-order chi connectivity index (χ0) is 19.7. The predicted molar refractivity (Wildman–Crippen MR) is 104 cm³/mol. The molecule has 0 bridgehead atoms. The maximum atomic E-state index is 13.0. The average molecular weight is 385 g/mol. The van der Waals surface area contributed by atoms with Gasteiger partial charge < -0.3 is 14.5 Å². The normalized spacial score (nSPS) is 24.7. The molecule has 28 heavy (non-hydrogen) atoms. The van der Waals surface area contributed by atoms with Gasteiger partial charge in [0, 0.05) is 43.0 Å². The fourth-order valence-corrected chi connectivity index (χ4v) is 4.12. The number of ketones is 1. The second-order valence-electron chi connectivity index (χ2n) is 7.54. The summed E-state index contributed by atoms with van der Waals surface area (Å²) in [6.07, 6.45) is 2.07. The minimum absolute atomic E-state index is 0.0473. The minimum atomic E-state index is -0.570. The molecule has 3 heterocycles. The van der Waals surface area contributed by atoms with Crippen LogP contribution in [-0.2, 0) is 20.7 Å². The molecule has 2 atom stereocenters. The minimum Gasteiger partial charge on any atom is -0.372 e. The first kappa shape index (κ1) is 18.8. The van der Waals surface area contributed by atoms with E-state index in [1.54, 1.807) is 0 Å². The Bertz CT molecular complexity index is 851. The molecular formula is C21H24FN3O3. The number of morpholine rings is 1. The van der Waals surface area contributed by atoms with Crippen molar-refractivity contribution >= 4 is 23.1 Å². The number of anilines is 1. The largest absolute Gasteiger partial charge is 0.372 e. The highest BCUT2D eigenvalue weighted by atomic mass is 19.1. The number of ether oxygens (including phenoxy) is 1. The number of halogens is 1. The van der Waals surface area contributed by atoms with E-state index in [4.69, 9.17) is 4.74 Å². The number of hydrogen-bond donors (Lipinski definition) is 0. The smallest absolute Gasteiger partial charge is 0.232 e. The van der Waals surface area contributed by atoms with Gasteiger partial charge in [0.25, 0.3) is 0 Å². The lowest BCUT2D eigenvalue weighted by Crippen LogP contribution is -2.43. The number of nitrogens with zero attached hydrogens (tertiary/aromatic N) is 3. The van der Waals surface area contributed by atoms with Crippen LogP contribution in [0.2, 0.25) is 0 Å². The van der Waals surface area contributed by atoms with E-state index in [2.05, 4.69) is 4.99 Å². The highest BCUT2D eigenvalue weighted by Gasteiger charge is 2.32. The lowest BCUT2D eigenvalue weighted by atomic mass is 10.1. The Balaban J connectivity index is 1.50. The van der Waals surface area contributed by atoms with Crippen LogP contribution in [-0.4, -0.2) is 60.8 Å². The number of rotatable bonds is 4. The fourth-order valence-electron chi connectivity index (χ4n) is 4.12. The van der Waals surface area contributed by atoms with Crippen molar-refractivity contribution in [3.05, 3.63) is 41.7 Å². The number of fused-ring (bicyclic) bond motifs is 1. The molecular weight excluding hydrogens is 361 g/mol. The van der Waals surface area contributed by atoms with E-state index in [0.29, 0.717) is 31.2 Å². The van der Waals surface area contributed by atoms with E-state index in [9.17, 15) is 14.0 Å². The number of hydrogen-bond acceptors (Lipinski definition) is 5. The zero-order valence-corrected chi connectivity index (χ0v) is 15.9. The number of alkyl halides is 1. The van der Waals surface area contributed by atoms with E-state index in [1.165, 1.54) is 6.08 Å². The quantitative estimate of drug-likeness (QED) is 0.798. The number of benzene rings is 1. The molecule has 0 aliphatic carbocycles. The summed E-state index contributed by atoms with van der Waals surface area (Å²) in [5.74, 6) is 0.385. The first-order valence-corrected chi connectivity index (χ1v) is 9.68. The third-order valence-corrected chi connectivity index (χ3v) is 5.41. The van der Waals surface area contributed by atoms with Crippen molar-refractivity contribution < 1.29 is 18.7 Å². The van der Waals surface area contributed by atoms with Crippen molar-refractivity contribution in [1.29, 1.82) is 0 Å².